The lowest BCUT2D eigenvalue weighted by Gasteiger charge is -2.03. The van der Waals surface area contributed by atoms with E-state index in [-0.39, 0.29) is 5.56 Å². The highest BCUT2D eigenvalue weighted by Crippen LogP contribution is 2.17. The van der Waals surface area contributed by atoms with Crippen LogP contribution >= 0.6 is 0 Å². The molecule has 0 atom stereocenters. The largest absolute Gasteiger partial charge is 0.477 e. The fourth-order valence-electron chi connectivity index (χ4n) is 1.69. The number of carboxylic acids is 1. The lowest BCUT2D eigenvalue weighted by Crippen LogP contribution is -2.09. The van der Waals surface area contributed by atoms with Crippen molar-refractivity contribution in [2.75, 3.05) is 0 Å². The number of aryl methyl sites for hydroxylation is 3. The molecule has 0 aliphatic carbocycles. The molecule has 6 nitrogen and oxygen atoms in total. The van der Waals surface area contributed by atoms with E-state index in [1.54, 1.807) is 20.2 Å². The summed E-state index contributed by atoms with van der Waals surface area (Å²) >= 11 is 0. The van der Waals surface area contributed by atoms with Gasteiger partial charge in [-0.2, -0.15) is 10.2 Å². The molecule has 2 aromatic heterocycles. The van der Waals surface area contributed by atoms with Crippen LogP contribution in [-0.4, -0.2) is 30.6 Å². The molecule has 0 amide bonds. The number of aromatic nitrogens is 4. The minimum atomic E-state index is -0.992. The lowest BCUT2D eigenvalue weighted by atomic mass is 10.2. The van der Waals surface area contributed by atoms with E-state index < -0.39 is 5.97 Å². The van der Waals surface area contributed by atoms with Crippen LogP contribution in [0.5, 0.6) is 0 Å². The summed E-state index contributed by atoms with van der Waals surface area (Å²) in [5.41, 5.74) is 1.50. The SMILES string of the molecule is Cc1ccn(-c2c(C(=O)O)c(C)nn2C)n1. The Morgan fingerprint density at radius 2 is 2.06 bits per heavy atom. The summed E-state index contributed by atoms with van der Waals surface area (Å²) in [7, 11) is 1.70. The average Bonchev–Trinajstić information content (AvgIpc) is 2.69. The molecule has 84 valence electrons. The van der Waals surface area contributed by atoms with Gasteiger partial charge in [-0.25, -0.2) is 14.2 Å². The van der Waals surface area contributed by atoms with Gasteiger partial charge < -0.3 is 5.11 Å². The summed E-state index contributed by atoms with van der Waals surface area (Å²) in [5, 5.41) is 17.4. The molecule has 16 heavy (non-hydrogen) atoms. The van der Waals surface area contributed by atoms with Gasteiger partial charge in [0.1, 0.15) is 5.56 Å². The number of aromatic carboxylic acids is 1. The van der Waals surface area contributed by atoms with Crippen LogP contribution < -0.4 is 0 Å². The van der Waals surface area contributed by atoms with Crippen molar-refractivity contribution in [3.05, 3.63) is 29.2 Å². The van der Waals surface area contributed by atoms with E-state index in [2.05, 4.69) is 10.2 Å². The van der Waals surface area contributed by atoms with Crippen molar-refractivity contribution in [3.8, 4) is 5.82 Å². The molecule has 0 radical (unpaired) electrons. The number of hydrogen-bond acceptors (Lipinski definition) is 3. The summed E-state index contributed by atoms with van der Waals surface area (Å²) in [4.78, 5) is 11.1. The van der Waals surface area contributed by atoms with Gasteiger partial charge in [0.05, 0.1) is 11.4 Å². The quantitative estimate of drug-likeness (QED) is 0.816. The molecular formula is C10H12N4O2. The Hall–Kier alpha value is -2.11. The van der Waals surface area contributed by atoms with E-state index in [4.69, 9.17) is 5.11 Å². The van der Waals surface area contributed by atoms with E-state index in [0.29, 0.717) is 11.5 Å². The Kier molecular flexibility index (Phi) is 2.26. The first-order chi connectivity index (χ1) is 7.50. The van der Waals surface area contributed by atoms with Crippen molar-refractivity contribution in [2.45, 2.75) is 13.8 Å². The summed E-state index contributed by atoms with van der Waals surface area (Å²) in [6.45, 7) is 3.52. The average molecular weight is 220 g/mol. The molecular weight excluding hydrogens is 208 g/mol. The third-order valence-corrected chi connectivity index (χ3v) is 2.35. The van der Waals surface area contributed by atoms with Crippen LogP contribution in [-0.2, 0) is 7.05 Å². The number of hydrogen-bond donors (Lipinski definition) is 1. The van der Waals surface area contributed by atoms with Gasteiger partial charge in [0.25, 0.3) is 0 Å². The second-order valence-corrected chi connectivity index (χ2v) is 3.61. The zero-order valence-electron chi connectivity index (χ0n) is 9.30. The lowest BCUT2D eigenvalue weighted by molar-refractivity contribution is 0.0696. The van der Waals surface area contributed by atoms with Crippen LogP contribution in [0.4, 0.5) is 0 Å². The Morgan fingerprint density at radius 3 is 2.56 bits per heavy atom. The second-order valence-electron chi connectivity index (χ2n) is 3.61. The fourth-order valence-corrected chi connectivity index (χ4v) is 1.69. The maximum Gasteiger partial charge on any atom is 0.341 e. The molecule has 0 saturated heterocycles. The predicted octanol–water partition coefficient (Wildman–Crippen LogP) is 0.921. The molecule has 0 bridgehead atoms. The van der Waals surface area contributed by atoms with Gasteiger partial charge in [-0.3, -0.25) is 0 Å². The fraction of sp³-hybridized carbons (Fsp3) is 0.300. The Balaban J connectivity index is 2.68. The molecule has 2 rings (SSSR count). The summed E-state index contributed by atoms with van der Waals surface area (Å²) < 4.78 is 3.05. The smallest absolute Gasteiger partial charge is 0.341 e. The van der Waals surface area contributed by atoms with Crippen molar-refractivity contribution < 1.29 is 9.90 Å². The van der Waals surface area contributed by atoms with Gasteiger partial charge in [-0.15, -0.1) is 0 Å². The zero-order valence-corrected chi connectivity index (χ0v) is 9.30. The molecule has 0 fully saturated rings. The van der Waals surface area contributed by atoms with Gasteiger partial charge in [-0.1, -0.05) is 0 Å². The molecule has 0 aromatic carbocycles. The van der Waals surface area contributed by atoms with E-state index >= 15 is 0 Å². The standard InChI is InChI=1S/C10H12N4O2/c1-6-4-5-14(11-6)9-8(10(15)16)7(2)12-13(9)3/h4-5H,1-3H3,(H,15,16). The molecule has 0 spiro atoms. The Morgan fingerprint density at radius 1 is 1.38 bits per heavy atom. The highest BCUT2D eigenvalue weighted by Gasteiger charge is 2.21. The van der Waals surface area contributed by atoms with Crippen molar-refractivity contribution in [3.63, 3.8) is 0 Å². The highest BCUT2D eigenvalue weighted by molar-refractivity contribution is 5.92. The van der Waals surface area contributed by atoms with Crippen LogP contribution in [0.2, 0.25) is 0 Å². The maximum absolute atomic E-state index is 11.1. The molecule has 0 aliphatic rings. The second kappa shape index (κ2) is 3.48. The first-order valence-electron chi connectivity index (χ1n) is 4.80. The predicted molar refractivity (Wildman–Crippen MR) is 56.8 cm³/mol. The number of nitrogens with zero attached hydrogens (tertiary/aromatic N) is 4. The monoisotopic (exact) mass is 220 g/mol. The third kappa shape index (κ3) is 1.48. The van der Waals surface area contributed by atoms with Crippen molar-refractivity contribution in [2.24, 2.45) is 7.05 Å². The third-order valence-electron chi connectivity index (χ3n) is 2.35. The molecule has 1 N–H and O–H groups in total. The van der Waals surface area contributed by atoms with Crippen LogP contribution in [0.3, 0.4) is 0 Å². The number of carboxylic acid groups (broad SMARTS) is 1. The van der Waals surface area contributed by atoms with Gasteiger partial charge >= 0.3 is 5.97 Å². The van der Waals surface area contributed by atoms with Crippen molar-refractivity contribution in [1.29, 1.82) is 0 Å². The van der Waals surface area contributed by atoms with Gasteiger partial charge in [0.15, 0.2) is 5.82 Å². The summed E-state index contributed by atoms with van der Waals surface area (Å²) in [5.74, 6) is -0.521. The van der Waals surface area contributed by atoms with E-state index in [1.165, 1.54) is 9.36 Å². The van der Waals surface area contributed by atoms with Gasteiger partial charge in [0, 0.05) is 13.2 Å². The van der Waals surface area contributed by atoms with E-state index in [9.17, 15) is 4.79 Å². The first kappa shape index (κ1) is 10.4. The topological polar surface area (TPSA) is 72.9 Å². The first-order valence-corrected chi connectivity index (χ1v) is 4.80. The van der Waals surface area contributed by atoms with Crippen molar-refractivity contribution >= 4 is 5.97 Å². The number of rotatable bonds is 2. The Bertz CT molecular complexity index is 553. The number of carbonyl (C=O) groups is 1. The maximum atomic E-state index is 11.1. The van der Waals surface area contributed by atoms with Crippen LogP contribution in [0, 0.1) is 13.8 Å². The molecule has 2 heterocycles. The molecule has 6 heteroatoms. The minimum Gasteiger partial charge on any atom is -0.477 e. The summed E-state index contributed by atoms with van der Waals surface area (Å²) in [6.07, 6.45) is 1.72. The highest BCUT2D eigenvalue weighted by atomic mass is 16.4. The van der Waals surface area contributed by atoms with Crippen LogP contribution in [0.1, 0.15) is 21.7 Å². The van der Waals surface area contributed by atoms with E-state index in [0.717, 1.165) is 5.69 Å². The van der Waals surface area contributed by atoms with Gasteiger partial charge in [-0.05, 0) is 19.9 Å². The normalized spacial score (nSPS) is 10.7. The Labute approximate surface area is 92.1 Å². The minimum absolute atomic E-state index is 0.186. The molecule has 0 unspecified atom stereocenters. The van der Waals surface area contributed by atoms with Crippen LogP contribution in [0.15, 0.2) is 12.3 Å². The van der Waals surface area contributed by atoms with Crippen LogP contribution in [0.25, 0.3) is 5.82 Å². The van der Waals surface area contributed by atoms with Gasteiger partial charge in [0.2, 0.25) is 0 Å². The molecule has 0 saturated carbocycles. The summed E-state index contributed by atoms with van der Waals surface area (Å²) in [6, 6.07) is 1.81. The van der Waals surface area contributed by atoms with E-state index in [1.807, 2.05) is 13.0 Å². The zero-order chi connectivity index (χ0) is 11.9. The molecule has 0 aliphatic heterocycles. The van der Waals surface area contributed by atoms with Crippen molar-refractivity contribution in [1.82, 2.24) is 19.6 Å². The molecule has 2 aromatic rings.